The third-order valence-electron chi connectivity index (χ3n) is 3.33. The minimum absolute atomic E-state index is 0.00550. The van der Waals surface area contributed by atoms with E-state index in [9.17, 15) is 0 Å². The smallest absolute Gasteiger partial charge is 0.122 e. The van der Waals surface area contributed by atoms with Crippen molar-refractivity contribution in [3.63, 3.8) is 0 Å². The molecule has 0 aliphatic carbocycles. The molecule has 4 nitrogen and oxygen atoms in total. The van der Waals surface area contributed by atoms with Gasteiger partial charge in [-0.05, 0) is 64.4 Å². The molecular weight excluding hydrogens is 379 g/mol. The zero-order valence-corrected chi connectivity index (χ0v) is 14.3. The Morgan fingerprint density at radius 1 is 1.05 bits per heavy atom. The number of benzene rings is 2. The second-order valence-corrected chi connectivity index (χ2v) is 5.94. The molecule has 2 aromatic rings. The first-order valence-electron chi connectivity index (χ1n) is 6.59. The molecule has 0 spiro atoms. The van der Waals surface area contributed by atoms with Gasteiger partial charge in [0.2, 0.25) is 0 Å². The first-order valence-corrected chi connectivity index (χ1v) is 7.67. The van der Waals surface area contributed by atoms with E-state index >= 15 is 0 Å². The first-order chi connectivity index (χ1) is 10.2. The van der Waals surface area contributed by atoms with Crippen LogP contribution in [0.2, 0.25) is 0 Å². The lowest BCUT2D eigenvalue weighted by molar-refractivity contribution is 0.391. The molecule has 0 radical (unpaired) electrons. The maximum atomic E-state index is 5.73. The molecule has 0 saturated carbocycles. The Hall–Kier alpha value is -1.31. The Bertz CT molecular complexity index is 565. The van der Waals surface area contributed by atoms with Crippen molar-refractivity contribution in [3.8, 4) is 11.5 Å². The van der Waals surface area contributed by atoms with Crippen molar-refractivity contribution in [2.75, 3.05) is 14.2 Å². The zero-order chi connectivity index (χ0) is 15.2. The van der Waals surface area contributed by atoms with Crippen molar-refractivity contribution >= 4 is 22.6 Å². The average Bonchev–Trinajstić information content (AvgIpc) is 2.53. The molecule has 0 fully saturated rings. The highest BCUT2D eigenvalue weighted by Crippen LogP contribution is 2.28. The largest absolute Gasteiger partial charge is 0.497 e. The topological polar surface area (TPSA) is 56.5 Å². The third kappa shape index (κ3) is 4.33. The molecule has 21 heavy (non-hydrogen) atoms. The van der Waals surface area contributed by atoms with Gasteiger partial charge in [0.05, 0.1) is 20.3 Å². The van der Waals surface area contributed by atoms with Crippen LogP contribution in [0.3, 0.4) is 0 Å². The van der Waals surface area contributed by atoms with Crippen LogP contribution in [0.1, 0.15) is 17.2 Å². The Morgan fingerprint density at radius 2 is 1.62 bits per heavy atom. The summed E-state index contributed by atoms with van der Waals surface area (Å²) in [5.74, 6) is 7.25. The summed E-state index contributed by atoms with van der Waals surface area (Å²) < 4.78 is 11.8. The number of ether oxygens (including phenoxy) is 2. The highest BCUT2D eigenvalue weighted by Gasteiger charge is 2.13. The van der Waals surface area contributed by atoms with E-state index in [1.807, 2.05) is 18.2 Å². The van der Waals surface area contributed by atoms with E-state index in [4.69, 9.17) is 15.3 Å². The van der Waals surface area contributed by atoms with Gasteiger partial charge in [-0.2, -0.15) is 0 Å². The fraction of sp³-hybridized carbons (Fsp3) is 0.250. The average molecular weight is 398 g/mol. The van der Waals surface area contributed by atoms with Crippen LogP contribution in [0.15, 0.2) is 42.5 Å². The molecule has 1 atom stereocenters. The monoisotopic (exact) mass is 398 g/mol. The lowest BCUT2D eigenvalue weighted by Crippen LogP contribution is -2.29. The Balaban J connectivity index is 2.25. The Kier molecular flexibility index (Phi) is 5.84. The summed E-state index contributed by atoms with van der Waals surface area (Å²) >= 11 is 2.30. The van der Waals surface area contributed by atoms with Gasteiger partial charge in [-0.3, -0.25) is 11.3 Å². The minimum atomic E-state index is -0.00550. The van der Waals surface area contributed by atoms with Gasteiger partial charge < -0.3 is 9.47 Å². The predicted molar refractivity (Wildman–Crippen MR) is 92.5 cm³/mol. The SMILES string of the molecule is COc1cc(OC)cc(C(Cc2ccc(I)cc2)NN)c1. The second kappa shape index (κ2) is 7.63. The number of hydrogen-bond donors (Lipinski definition) is 2. The number of hydrogen-bond acceptors (Lipinski definition) is 4. The molecule has 5 heteroatoms. The summed E-state index contributed by atoms with van der Waals surface area (Å²) in [4.78, 5) is 0. The molecule has 1 unspecified atom stereocenters. The molecule has 0 amide bonds. The predicted octanol–water partition coefficient (Wildman–Crippen LogP) is 3.06. The van der Waals surface area contributed by atoms with E-state index in [-0.39, 0.29) is 6.04 Å². The summed E-state index contributed by atoms with van der Waals surface area (Å²) in [6.45, 7) is 0. The Morgan fingerprint density at radius 3 is 2.10 bits per heavy atom. The van der Waals surface area contributed by atoms with Crippen molar-refractivity contribution in [1.29, 1.82) is 0 Å². The van der Waals surface area contributed by atoms with E-state index < -0.39 is 0 Å². The van der Waals surface area contributed by atoms with E-state index in [0.29, 0.717) is 0 Å². The number of halogens is 1. The van der Waals surface area contributed by atoms with Crippen molar-refractivity contribution in [3.05, 3.63) is 57.2 Å². The summed E-state index contributed by atoms with van der Waals surface area (Å²) in [5, 5.41) is 0. The van der Waals surface area contributed by atoms with Crippen LogP contribution >= 0.6 is 22.6 Å². The van der Waals surface area contributed by atoms with Crippen molar-refractivity contribution < 1.29 is 9.47 Å². The van der Waals surface area contributed by atoms with Gasteiger partial charge >= 0.3 is 0 Å². The summed E-state index contributed by atoms with van der Waals surface area (Å²) in [5.41, 5.74) is 5.13. The maximum Gasteiger partial charge on any atom is 0.122 e. The molecule has 0 bridgehead atoms. The number of hydrazine groups is 1. The summed E-state index contributed by atoms with van der Waals surface area (Å²) in [6.07, 6.45) is 0.795. The molecule has 2 rings (SSSR count). The van der Waals surface area contributed by atoms with Crippen LogP contribution in [0.5, 0.6) is 11.5 Å². The third-order valence-corrected chi connectivity index (χ3v) is 4.05. The van der Waals surface area contributed by atoms with Gasteiger partial charge in [0.25, 0.3) is 0 Å². The number of nitrogens with one attached hydrogen (secondary N) is 1. The van der Waals surface area contributed by atoms with Crippen LogP contribution in [-0.4, -0.2) is 14.2 Å². The molecule has 0 heterocycles. The highest BCUT2D eigenvalue weighted by molar-refractivity contribution is 14.1. The molecular formula is C16H19IN2O2. The van der Waals surface area contributed by atoms with Crippen LogP contribution in [0.25, 0.3) is 0 Å². The molecule has 2 aromatic carbocycles. The molecule has 0 aliphatic rings. The van der Waals surface area contributed by atoms with Gasteiger partial charge in [0.15, 0.2) is 0 Å². The molecule has 0 aromatic heterocycles. The summed E-state index contributed by atoms with van der Waals surface area (Å²) in [7, 11) is 3.28. The quantitative estimate of drug-likeness (QED) is 0.446. The number of methoxy groups -OCH3 is 2. The first kappa shape index (κ1) is 16.1. The highest BCUT2D eigenvalue weighted by atomic mass is 127. The van der Waals surface area contributed by atoms with Crippen molar-refractivity contribution in [1.82, 2.24) is 5.43 Å². The zero-order valence-electron chi connectivity index (χ0n) is 12.1. The fourth-order valence-electron chi connectivity index (χ4n) is 2.16. The minimum Gasteiger partial charge on any atom is -0.497 e. The maximum absolute atomic E-state index is 5.73. The summed E-state index contributed by atoms with van der Waals surface area (Å²) in [6, 6.07) is 14.2. The van der Waals surface area contributed by atoms with E-state index in [1.165, 1.54) is 9.13 Å². The van der Waals surface area contributed by atoms with Gasteiger partial charge in [-0.25, -0.2) is 0 Å². The standard InChI is InChI=1S/C16H19IN2O2/c1-20-14-8-12(9-15(10-14)21-2)16(19-18)7-11-3-5-13(17)6-4-11/h3-6,8-10,16,19H,7,18H2,1-2H3. The van der Waals surface area contributed by atoms with Gasteiger partial charge in [-0.1, -0.05) is 12.1 Å². The van der Waals surface area contributed by atoms with Gasteiger partial charge in [0.1, 0.15) is 11.5 Å². The van der Waals surface area contributed by atoms with Crippen molar-refractivity contribution in [2.45, 2.75) is 12.5 Å². The molecule has 0 aliphatic heterocycles. The van der Waals surface area contributed by atoms with Gasteiger partial charge in [-0.15, -0.1) is 0 Å². The molecule has 112 valence electrons. The fourth-order valence-corrected chi connectivity index (χ4v) is 2.52. The number of nitrogens with two attached hydrogens (primary N) is 1. The van der Waals surface area contributed by atoms with E-state index in [0.717, 1.165) is 23.5 Å². The van der Waals surface area contributed by atoms with E-state index in [2.05, 4.69) is 52.3 Å². The van der Waals surface area contributed by atoms with Crippen LogP contribution in [-0.2, 0) is 6.42 Å². The lowest BCUT2D eigenvalue weighted by Gasteiger charge is -2.18. The number of rotatable bonds is 6. The molecule has 3 N–H and O–H groups in total. The van der Waals surface area contributed by atoms with Crippen molar-refractivity contribution in [2.24, 2.45) is 5.84 Å². The normalized spacial score (nSPS) is 12.0. The van der Waals surface area contributed by atoms with Gasteiger partial charge in [0, 0.05) is 9.64 Å². The van der Waals surface area contributed by atoms with Crippen LogP contribution in [0, 0.1) is 3.57 Å². The molecule has 0 saturated heterocycles. The van der Waals surface area contributed by atoms with E-state index in [1.54, 1.807) is 14.2 Å². The Labute approximate surface area is 138 Å². The second-order valence-electron chi connectivity index (χ2n) is 4.70. The van der Waals surface area contributed by atoms with Crippen LogP contribution in [0.4, 0.5) is 0 Å². The van der Waals surface area contributed by atoms with Crippen LogP contribution < -0.4 is 20.7 Å². The lowest BCUT2D eigenvalue weighted by atomic mass is 9.99.